The fraction of sp³-hybridized carbons (Fsp3) is 0.467. The van der Waals surface area contributed by atoms with Crippen molar-refractivity contribution >= 4 is 0 Å². The van der Waals surface area contributed by atoms with E-state index in [-0.39, 0.29) is 0 Å². The second-order valence-electron chi connectivity index (χ2n) is 5.43. The molecule has 1 aromatic carbocycles. The predicted octanol–water partition coefficient (Wildman–Crippen LogP) is 1.10. The zero-order chi connectivity index (χ0) is 14.5. The minimum atomic E-state index is -0.672. The van der Waals surface area contributed by atoms with Crippen molar-refractivity contribution in [3.8, 4) is 11.3 Å². The lowest BCUT2D eigenvalue weighted by Crippen LogP contribution is -2.44. The number of H-pyrrole nitrogens is 1. The van der Waals surface area contributed by atoms with Gasteiger partial charge in [-0.2, -0.15) is 15.4 Å². The summed E-state index contributed by atoms with van der Waals surface area (Å²) < 4.78 is 5.28. The van der Waals surface area contributed by atoms with Gasteiger partial charge in [-0.05, 0) is 0 Å². The van der Waals surface area contributed by atoms with Crippen molar-refractivity contribution in [1.29, 1.82) is 0 Å². The molecule has 0 amide bonds. The number of hydrogen-bond donors (Lipinski definition) is 3. The van der Waals surface area contributed by atoms with E-state index < -0.39 is 5.60 Å². The van der Waals surface area contributed by atoms with Crippen molar-refractivity contribution < 1.29 is 9.84 Å². The second kappa shape index (κ2) is 6.34. The van der Waals surface area contributed by atoms with Crippen LogP contribution in [0.1, 0.15) is 18.5 Å². The molecule has 6 nitrogen and oxygen atoms in total. The Kier molecular flexibility index (Phi) is 4.28. The van der Waals surface area contributed by atoms with E-state index in [0.29, 0.717) is 39.1 Å². The molecule has 21 heavy (non-hydrogen) atoms. The molecule has 0 bridgehead atoms. The summed E-state index contributed by atoms with van der Waals surface area (Å²) in [4.78, 5) is 0. The molecule has 0 saturated carbocycles. The summed E-state index contributed by atoms with van der Waals surface area (Å²) in [6, 6.07) is 9.95. The van der Waals surface area contributed by atoms with Crippen molar-refractivity contribution in [2.24, 2.45) is 0 Å². The largest absolute Gasteiger partial charge is 0.388 e. The zero-order valence-corrected chi connectivity index (χ0v) is 11.9. The Balaban J connectivity index is 1.60. The Morgan fingerprint density at radius 3 is 2.71 bits per heavy atom. The first-order valence-corrected chi connectivity index (χ1v) is 7.23. The van der Waals surface area contributed by atoms with Crippen LogP contribution in [0.5, 0.6) is 0 Å². The summed E-state index contributed by atoms with van der Waals surface area (Å²) in [6.07, 6.45) is 1.34. The predicted molar refractivity (Wildman–Crippen MR) is 78.5 cm³/mol. The van der Waals surface area contributed by atoms with E-state index in [2.05, 4.69) is 20.7 Å². The van der Waals surface area contributed by atoms with E-state index in [0.717, 1.165) is 17.0 Å². The van der Waals surface area contributed by atoms with Crippen LogP contribution in [0.25, 0.3) is 11.3 Å². The van der Waals surface area contributed by atoms with Gasteiger partial charge in [0.2, 0.25) is 0 Å². The number of aliphatic hydroxyl groups is 1. The van der Waals surface area contributed by atoms with Gasteiger partial charge in [-0.1, -0.05) is 30.3 Å². The number of aromatic amines is 1. The highest BCUT2D eigenvalue weighted by Gasteiger charge is 2.29. The van der Waals surface area contributed by atoms with Crippen LogP contribution in [0, 0.1) is 0 Å². The molecule has 1 fully saturated rings. The molecule has 0 atom stereocenters. The molecule has 3 N–H and O–H groups in total. The SMILES string of the molecule is OC1(CNCc2n[nH]nc2-c2ccccc2)CCOCC1. The third-order valence-corrected chi connectivity index (χ3v) is 3.84. The van der Waals surface area contributed by atoms with Crippen LogP contribution in [0.2, 0.25) is 0 Å². The van der Waals surface area contributed by atoms with Crippen LogP contribution in [0.4, 0.5) is 0 Å². The Bertz CT molecular complexity index is 564. The highest BCUT2D eigenvalue weighted by molar-refractivity contribution is 5.60. The summed E-state index contributed by atoms with van der Waals surface area (Å²) in [7, 11) is 0. The maximum Gasteiger partial charge on any atom is 0.117 e. The number of aromatic nitrogens is 3. The van der Waals surface area contributed by atoms with Crippen LogP contribution in [-0.4, -0.2) is 45.9 Å². The van der Waals surface area contributed by atoms with Gasteiger partial charge in [0.1, 0.15) is 11.4 Å². The quantitative estimate of drug-likeness (QED) is 0.767. The van der Waals surface area contributed by atoms with E-state index in [4.69, 9.17) is 4.74 Å². The normalized spacial score (nSPS) is 17.8. The molecule has 2 aromatic rings. The number of benzene rings is 1. The molecule has 6 heteroatoms. The first-order valence-electron chi connectivity index (χ1n) is 7.23. The van der Waals surface area contributed by atoms with Gasteiger partial charge in [0.15, 0.2) is 0 Å². The molecule has 1 saturated heterocycles. The third-order valence-electron chi connectivity index (χ3n) is 3.84. The summed E-state index contributed by atoms with van der Waals surface area (Å²) in [6.45, 7) is 2.36. The smallest absolute Gasteiger partial charge is 0.117 e. The van der Waals surface area contributed by atoms with Crippen LogP contribution < -0.4 is 5.32 Å². The fourth-order valence-electron chi connectivity index (χ4n) is 2.54. The molecule has 1 aliphatic rings. The lowest BCUT2D eigenvalue weighted by atomic mass is 9.94. The Morgan fingerprint density at radius 1 is 1.19 bits per heavy atom. The Labute approximate surface area is 123 Å². The number of nitrogens with one attached hydrogen (secondary N) is 2. The van der Waals surface area contributed by atoms with Crippen molar-refractivity contribution in [3.63, 3.8) is 0 Å². The van der Waals surface area contributed by atoms with Gasteiger partial charge in [-0.25, -0.2) is 0 Å². The van der Waals surface area contributed by atoms with Gasteiger partial charge in [0, 0.05) is 44.7 Å². The molecule has 0 unspecified atom stereocenters. The van der Waals surface area contributed by atoms with Crippen molar-refractivity contribution in [1.82, 2.24) is 20.7 Å². The number of nitrogens with zero attached hydrogens (tertiary/aromatic N) is 2. The first-order chi connectivity index (χ1) is 10.3. The highest BCUT2D eigenvalue weighted by atomic mass is 16.5. The molecular formula is C15H20N4O2. The molecule has 112 valence electrons. The molecule has 1 aromatic heterocycles. The Morgan fingerprint density at radius 2 is 1.95 bits per heavy atom. The molecule has 2 heterocycles. The first kappa shape index (κ1) is 14.2. The lowest BCUT2D eigenvalue weighted by Gasteiger charge is -2.32. The van der Waals surface area contributed by atoms with E-state index in [9.17, 15) is 5.11 Å². The number of rotatable bonds is 5. The molecule has 0 aliphatic carbocycles. The van der Waals surface area contributed by atoms with Crippen molar-refractivity contribution in [2.45, 2.75) is 25.0 Å². The summed E-state index contributed by atoms with van der Waals surface area (Å²) in [5.74, 6) is 0. The lowest BCUT2D eigenvalue weighted by molar-refractivity contribution is -0.0617. The Hall–Kier alpha value is -1.76. The van der Waals surface area contributed by atoms with Gasteiger partial charge in [-0.3, -0.25) is 0 Å². The monoisotopic (exact) mass is 288 g/mol. The van der Waals surface area contributed by atoms with E-state index in [1.807, 2.05) is 30.3 Å². The molecule has 0 radical (unpaired) electrons. The second-order valence-corrected chi connectivity index (χ2v) is 5.43. The molecule has 0 spiro atoms. The minimum Gasteiger partial charge on any atom is -0.388 e. The standard InChI is InChI=1S/C15H20N4O2/c20-15(6-8-21-9-7-15)11-16-10-13-14(18-19-17-13)12-4-2-1-3-5-12/h1-5,16,20H,6-11H2,(H,17,18,19). The average Bonchev–Trinajstić information content (AvgIpc) is 2.97. The van der Waals surface area contributed by atoms with Crippen molar-refractivity contribution in [3.05, 3.63) is 36.0 Å². The summed E-state index contributed by atoms with van der Waals surface area (Å²) in [5, 5.41) is 24.8. The van der Waals surface area contributed by atoms with Gasteiger partial charge in [-0.15, -0.1) is 0 Å². The van der Waals surface area contributed by atoms with Crippen LogP contribution in [0.3, 0.4) is 0 Å². The van der Waals surface area contributed by atoms with Gasteiger partial charge >= 0.3 is 0 Å². The van der Waals surface area contributed by atoms with E-state index >= 15 is 0 Å². The van der Waals surface area contributed by atoms with Gasteiger partial charge in [0.05, 0.1) is 5.60 Å². The maximum atomic E-state index is 10.4. The van der Waals surface area contributed by atoms with E-state index in [1.165, 1.54) is 0 Å². The van der Waals surface area contributed by atoms with E-state index in [1.54, 1.807) is 0 Å². The minimum absolute atomic E-state index is 0.539. The summed E-state index contributed by atoms with van der Waals surface area (Å²) in [5.41, 5.74) is 2.07. The van der Waals surface area contributed by atoms with Crippen LogP contribution >= 0.6 is 0 Å². The van der Waals surface area contributed by atoms with Gasteiger partial charge < -0.3 is 15.2 Å². The molecule has 3 rings (SSSR count). The number of hydrogen-bond acceptors (Lipinski definition) is 5. The highest BCUT2D eigenvalue weighted by Crippen LogP contribution is 2.21. The fourth-order valence-corrected chi connectivity index (χ4v) is 2.54. The van der Waals surface area contributed by atoms with Crippen LogP contribution in [0.15, 0.2) is 30.3 Å². The topological polar surface area (TPSA) is 83.1 Å². The van der Waals surface area contributed by atoms with Gasteiger partial charge in [0.25, 0.3) is 0 Å². The number of ether oxygens (including phenoxy) is 1. The molecule has 1 aliphatic heterocycles. The average molecular weight is 288 g/mol. The maximum absolute atomic E-state index is 10.4. The van der Waals surface area contributed by atoms with Crippen LogP contribution in [-0.2, 0) is 11.3 Å². The van der Waals surface area contributed by atoms with Crippen molar-refractivity contribution in [2.75, 3.05) is 19.8 Å². The zero-order valence-electron chi connectivity index (χ0n) is 11.9. The summed E-state index contributed by atoms with van der Waals surface area (Å²) >= 11 is 0. The third kappa shape index (κ3) is 3.47. The molecular weight excluding hydrogens is 268 g/mol.